The summed E-state index contributed by atoms with van der Waals surface area (Å²) in [6, 6.07) is 0. The number of aryl methyl sites for hydroxylation is 2. The van der Waals surface area contributed by atoms with Gasteiger partial charge in [0, 0.05) is 7.05 Å². The fraction of sp³-hybridized carbons (Fsp3) is 0.750. The maximum absolute atomic E-state index is 12.2. The second-order valence-corrected chi connectivity index (χ2v) is 4.12. The molecule has 0 amide bonds. The van der Waals surface area contributed by atoms with Crippen molar-refractivity contribution in [2.45, 2.75) is 46.0 Å². The fourth-order valence-corrected chi connectivity index (χ4v) is 2.14. The number of aromatic nitrogens is 3. The van der Waals surface area contributed by atoms with Crippen LogP contribution in [-0.2, 0) is 22.0 Å². The van der Waals surface area contributed by atoms with Gasteiger partial charge in [0.2, 0.25) is 0 Å². The molecule has 1 rings (SSSR count). The molecule has 0 saturated carbocycles. The zero-order valence-corrected chi connectivity index (χ0v) is 11.3. The quantitative estimate of drug-likeness (QED) is 0.734. The number of esters is 1. The molecule has 0 atom stereocenters. The van der Waals surface area contributed by atoms with Crippen molar-refractivity contribution >= 4 is 5.97 Å². The highest BCUT2D eigenvalue weighted by Gasteiger charge is 2.42. The van der Waals surface area contributed by atoms with E-state index >= 15 is 0 Å². The Bertz CT molecular complexity index is 394. The Morgan fingerprint density at radius 2 is 1.94 bits per heavy atom. The molecular formula is C12H21N3O2. The van der Waals surface area contributed by atoms with Crippen molar-refractivity contribution in [1.82, 2.24) is 14.8 Å². The third kappa shape index (κ3) is 2.33. The van der Waals surface area contributed by atoms with E-state index in [4.69, 9.17) is 4.74 Å². The second-order valence-electron chi connectivity index (χ2n) is 4.12. The van der Waals surface area contributed by atoms with E-state index in [-0.39, 0.29) is 5.97 Å². The number of carbonyl (C=O) groups is 1. The van der Waals surface area contributed by atoms with Crippen LogP contribution in [0.5, 0.6) is 0 Å². The number of hydrogen-bond acceptors (Lipinski definition) is 4. The topological polar surface area (TPSA) is 57.0 Å². The molecule has 0 aromatic carbocycles. The first kappa shape index (κ1) is 13.7. The maximum Gasteiger partial charge on any atom is 0.319 e. The number of carbonyl (C=O) groups excluding carboxylic acids is 1. The van der Waals surface area contributed by atoms with Gasteiger partial charge in [0.1, 0.15) is 17.1 Å². The van der Waals surface area contributed by atoms with Crippen LogP contribution in [0.1, 0.15) is 45.3 Å². The minimum absolute atomic E-state index is 0.208. The Labute approximate surface area is 102 Å². The van der Waals surface area contributed by atoms with Gasteiger partial charge in [-0.05, 0) is 26.7 Å². The minimum Gasteiger partial charge on any atom is -0.465 e. The van der Waals surface area contributed by atoms with Crippen LogP contribution >= 0.6 is 0 Å². The van der Waals surface area contributed by atoms with Crippen LogP contribution in [0.25, 0.3) is 0 Å². The largest absolute Gasteiger partial charge is 0.465 e. The van der Waals surface area contributed by atoms with E-state index in [2.05, 4.69) is 10.1 Å². The molecular weight excluding hydrogens is 218 g/mol. The summed E-state index contributed by atoms with van der Waals surface area (Å²) >= 11 is 0. The van der Waals surface area contributed by atoms with E-state index in [1.807, 2.05) is 34.7 Å². The van der Waals surface area contributed by atoms with Gasteiger partial charge < -0.3 is 4.74 Å². The molecule has 96 valence electrons. The van der Waals surface area contributed by atoms with Crippen LogP contribution in [0.4, 0.5) is 0 Å². The lowest BCUT2D eigenvalue weighted by Gasteiger charge is -2.27. The molecule has 0 radical (unpaired) electrons. The molecule has 0 unspecified atom stereocenters. The Morgan fingerprint density at radius 3 is 2.29 bits per heavy atom. The van der Waals surface area contributed by atoms with Crippen molar-refractivity contribution in [3.8, 4) is 0 Å². The van der Waals surface area contributed by atoms with E-state index < -0.39 is 5.41 Å². The summed E-state index contributed by atoms with van der Waals surface area (Å²) in [5.74, 6) is 1.16. The number of ether oxygens (including phenoxy) is 1. The Morgan fingerprint density at radius 1 is 1.35 bits per heavy atom. The first-order chi connectivity index (χ1) is 8.01. The van der Waals surface area contributed by atoms with E-state index in [1.165, 1.54) is 0 Å². The number of hydrogen-bond donors (Lipinski definition) is 0. The molecule has 0 aliphatic rings. The van der Waals surface area contributed by atoms with Gasteiger partial charge in [0.15, 0.2) is 0 Å². The van der Waals surface area contributed by atoms with Crippen molar-refractivity contribution in [3.63, 3.8) is 0 Å². The van der Waals surface area contributed by atoms with Crippen LogP contribution in [0.3, 0.4) is 0 Å². The van der Waals surface area contributed by atoms with E-state index in [9.17, 15) is 4.79 Å². The molecule has 1 aromatic rings. The van der Waals surface area contributed by atoms with Gasteiger partial charge in [-0.25, -0.2) is 4.98 Å². The molecule has 0 aliphatic heterocycles. The molecule has 0 bridgehead atoms. The van der Waals surface area contributed by atoms with E-state index in [0.29, 0.717) is 31.1 Å². The number of rotatable bonds is 5. The Balaban J connectivity index is 3.24. The smallest absolute Gasteiger partial charge is 0.319 e. The van der Waals surface area contributed by atoms with Crippen molar-refractivity contribution < 1.29 is 9.53 Å². The van der Waals surface area contributed by atoms with Crippen molar-refractivity contribution in [3.05, 3.63) is 11.6 Å². The summed E-state index contributed by atoms with van der Waals surface area (Å²) in [5, 5.41) is 4.21. The van der Waals surface area contributed by atoms with Crippen LogP contribution in [0.15, 0.2) is 0 Å². The number of nitrogens with zero attached hydrogens (tertiary/aromatic N) is 3. The lowest BCUT2D eigenvalue weighted by molar-refractivity contribution is -0.151. The van der Waals surface area contributed by atoms with E-state index in [0.717, 1.165) is 0 Å². The highest BCUT2D eigenvalue weighted by molar-refractivity contribution is 5.82. The molecule has 1 heterocycles. The highest BCUT2D eigenvalue weighted by Crippen LogP contribution is 2.31. The van der Waals surface area contributed by atoms with Gasteiger partial charge in [-0.2, -0.15) is 5.10 Å². The molecule has 5 nitrogen and oxygen atoms in total. The zero-order valence-electron chi connectivity index (χ0n) is 11.3. The average molecular weight is 239 g/mol. The first-order valence-corrected chi connectivity index (χ1v) is 6.07. The van der Waals surface area contributed by atoms with Gasteiger partial charge in [-0.15, -0.1) is 0 Å². The van der Waals surface area contributed by atoms with Crippen LogP contribution in [0.2, 0.25) is 0 Å². The summed E-state index contributed by atoms with van der Waals surface area (Å²) in [5.41, 5.74) is -0.675. The molecule has 0 aliphatic carbocycles. The summed E-state index contributed by atoms with van der Waals surface area (Å²) in [4.78, 5) is 16.6. The summed E-state index contributed by atoms with van der Waals surface area (Å²) in [6.45, 7) is 7.98. The van der Waals surface area contributed by atoms with Crippen molar-refractivity contribution in [2.75, 3.05) is 6.61 Å². The third-order valence-corrected chi connectivity index (χ3v) is 3.17. The lowest BCUT2D eigenvalue weighted by atomic mass is 9.81. The van der Waals surface area contributed by atoms with Gasteiger partial charge in [0.05, 0.1) is 6.61 Å². The Hall–Kier alpha value is -1.39. The zero-order chi connectivity index (χ0) is 13.1. The molecule has 0 saturated heterocycles. The van der Waals surface area contributed by atoms with Crippen LogP contribution < -0.4 is 0 Å². The fourth-order valence-electron chi connectivity index (χ4n) is 2.14. The van der Waals surface area contributed by atoms with Crippen LogP contribution in [-0.4, -0.2) is 27.3 Å². The van der Waals surface area contributed by atoms with Gasteiger partial charge in [-0.1, -0.05) is 13.8 Å². The summed E-state index contributed by atoms with van der Waals surface area (Å²) in [7, 11) is 1.81. The SMILES string of the molecule is CCOC(=O)C(CC)(CC)c1nc(C)nn1C. The molecule has 0 spiro atoms. The van der Waals surface area contributed by atoms with Gasteiger partial charge >= 0.3 is 5.97 Å². The van der Waals surface area contributed by atoms with Crippen molar-refractivity contribution in [1.29, 1.82) is 0 Å². The van der Waals surface area contributed by atoms with Crippen LogP contribution in [0, 0.1) is 6.92 Å². The molecule has 1 aromatic heterocycles. The summed E-state index contributed by atoms with van der Waals surface area (Å²) < 4.78 is 6.87. The lowest BCUT2D eigenvalue weighted by Crippen LogP contribution is -2.39. The molecule has 17 heavy (non-hydrogen) atoms. The predicted octanol–water partition coefficient (Wildman–Crippen LogP) is 1.74. The average Bonchev–Trinajstić information content (AvgIpc) is 2.62. The third-order valence-electron chi connectivity index (χ3n) is 3.17. The molecule has 5 heteroatoms. The highest BCUT2D eigenvalue weighted by atomic mass is 16.5. The first-order valence-electron chi connectivity index (χ1n) is 6.07. The minimum atomic E-state index is -0.675. The van der Waals surface area contributed by atoms with Gasteiger partial charge in [-0.3, -0.25) is 9.48 Å². The standard InChI is InChI=1S/C12H21N3O2/c1-6-12(7-2,11(16)17-8-3)10-13-9(4)14-15(10)5/h6-8H2,1-5H3. The monoisotopic (exact) mass is 239 g/mol. The normalized spacial score (nSPS) is 11.6. The Kier molecular flexibility index (Phi) is 4.26. The second kappa shape index (κ2) is 5.29. The van der Waals surface area contributed by atoms with Crippen molar-refractivity contribution in [2.24, 2.45) is 7.05 Å². The molecule has 0 N–H and O–H groups in total. The maximum atomic E-state index is 12.2. The van der Waals surface area contributed by atoms with E-state index in [1.54, 1.807) is 4.68 Å². The van der Waals surface area contributed by atoms with Gasteiger partial charge in [0.25, 0.3) is 0 Å². The summed E-state index contributed by atoms with van der Waals surface area (Å²) in [6.07, 6.45) is 1.32. The predicted molar refractivity (Wildman–Crippen MR) is 64.6 cm³/mol. The molecule has 0 fully saturated rings.